The van der Waals surface area contributed by atoms with Gasteiger partial charge in [-0.25, -0.2) is 8.78 Å². The van der Waals surface area contributed by atoms with E-state index in [1.807, 2.05) is 6.92 Å². The summed E-state index contributed by atoms with van der Waals surface area (Å²) in [5.41, 5.74) is 0. The minimum absolute atomic E-state index is 0.138. The normalized spacial score (nSPS) is 15.6. The van der Waals surface area contributed by atoms with E-state index in [-0.39, 0.29) is 12.2 Å². The highest BCUT2D eigenvalue weighted by Gasteiger charge is 2.10. The van der Waals surface area contributed by atoms with Crippen molar-refractivity contribution in [1.29, 1.82) is 0 Å². The lowest BCUT2D eigenvalue weighted by molar-refractivity contribution is 0.131. The quantitative estimate of drug-likeness (QED) is 0.575. The summed E-state index contributed by atoms with van der Waals surface area (Å²) in [5, 5.41) is 0. The van der Waals surface area contributed by atoms with Crippen LogP contribution in [0.15, 0.2) is 11.9 Å². The first kappa shape index (κ1) is 10.6. The zero-order valence-corrected chi connectivity index (χ0v) is 7.27. The van der Waals surface area contributed by atoms with E-state index in [4.69, 9.17) is 0 Å². The van der Waals surface area contributed by atoms with Gasteiger partial charge in [0.25, 0.3) is 0 Å². The standard InChI is InChI=1S/C8H15F2N/c1-4-5-7(9)6-8(10)11(2)3/h5,8H,4,6H2,1-3H3/b7-5+. The Balaban J connectivity index is 3.75. The van der Waals surface area contributed by atoms with Crippen LogP contribution in [0.5, 0.6) is 0 Å². The van der Waals surface area contributed by atoms with Crippen LogP contribution in [0.3, 0.4) is 0 Å². The number of hydrogen-bond donors (Lipinski definition) is 0. The van der Waals surface area contributed by atoms with Crippen LogP contribution in [-0.2, 0) is 0 Å². The van der Waals surface area contributed by atoms with Crippen molar-refractivity contribution in [3.05, 3.63) is 11.9 Å². The highest BCUT2D eigenvalue weighted by Crippen LogP contribution is 2.11. The van der Waals surface area contributed by atoms with Crippen LogP contribution in [0.4, 0.5) is 8.78 Å². The molecule has 0 rings (SSSR count). The molecule has 1 atom stereocenters. The topological polar surface area (TPSA) is 3.24 Å². The van der Waals surface area contributed by atoms with Crippen molar-refractivity contribution in [3.8, 4) is 0 Å². The fourth-order valence-corrected chi connectivity index (χ4v) is 0.648. The van der Waals surface area contributed by atoms with Gasteiger partial charge in [-0.3, -0.25) is 4.90 Å². The van der Waals surface area contributed by atoms with Crippen LogP contribution in [-0.4, -0.2) is 25.3 Å². The largest absolute Gasteiger partial charge is 0.280 e. The molecule has 66 valence electrons. The van der Waals surface area contributed by atoms with Gasteiger partial charge in [0, 0.05) is 6.42 Å². The third-order valence-corrected chi connectivity index (χ3v) is 1.35. The van der Waals surface area contributed by atoms with E-state index in [1.165, 1.54) is 11.0 Å². The predicted octanol–water partition coefficient (Wildman–Crippen LogP) is 2.50. The molecule has 0 radical (unpaired) electrons. The molecule has 3 heteroatoms. The molecule has 0 heterocycles. The van der Waals surface area contributed by atoms with E-state index >= 15 is 0 Å². The molecule has 0 aliphatic carbocycles. The first-order valence-corrected chi connectivity index (χ1v) is 3.73. The summed E-state index contributed by atoms with van der Waals surface area (Å²) in [6.45, 7) is 1.82. The average Bonchev–Trinajstić information content (AvgIpc) is 1.87. The van der Waals surface area contributed by atoms with Gasteiger partial charge in [-0.1, -0.05) is 13.0 Å². The highest BCUT2D eigenvalue weighted by atomic mass is 19.1. The lowest BCUT2D eigenvalue weighted by Gasteiger charge is -2.14. The number of hydrogen-bond acceptors (Lipinski definition) is 1. The molecular formula is C8H15F2N. The van der Waals surface area contributed by atoms with E-state index < -0.39 is 6.30 Å². The summed E-state index contributed by atoms with van der Waals surface area (Å²) >= 11 is 0. The Morgan fingerprint density at radius 3 is 2.45 bits per heavy atom. The van der Waals surface area contributed by atoms with Crippen molar-refractivity contribution in [1.82, 2.24) is 4.90 Å². The van der Waals surface area contributed by atoms with Gasteiger partial charge in [0.05, 0.1) is 0 Å². The van der Waals surface area contributed by atoms with Gasteiger partial charge in [0.2, 0.25) is 0 Å². The molecular weight excluding hydrogens is 148 g/mol. The molecule has 1 unspecified atom stereocenters. The molecule has 0 aliphatic heterocycles. The van der Waals surface area contributed by atoms with Gasteiger partial charge >= 0.3 is 0 Å². The Morgan fingerprint density at radius 2 is 2.09 bits per heavy atom. The SMILES string of the molecule is CC/C=C(/F)CC(F)N(C)C. The molecule has 0 aromatic rings. The Morgan fingerprint density at radius 1 is 1.55 bits per heavy atom. The van der Waals surface area contributed by atoms with E-state index in [0.29, 0.717) is 6.42 Å². The van der Waals surface area contributed by atoms with Gasteiger partial charge in [-0.15, -0.1) is 0 Å². The highest BCUT2D eigenvalue weighted by molar-refractivity contribution is 4.92. The van der Waals surface area contributed by atoms with Crippen molar-refractivity contribution in [3.63, 3.8) is 0 Å². The molecule has 0 saturated carbocycles. The Hall–Kier alpha value is -0.440. The van der Waals surface area contributed by atoms with Crippen molar-refractivity contribution in [2.24, 2.45) is 0 Å². The second kappa shape index (κ2) is 5.24. The van der Waals surface area contributed by atoms with Crippen LogP contribution in [0.2, 0.25) is 0 Å². The van der Waals surface area contributed by atoms with Crippen molar-refractivity contribution < 1.29 is 8.78 Å². The monoisotopic (exact) mass is 163 g/mol. The lowest BCUT2D eigenvalue weighted by atomic mass is 10.3. The van der Waals surface area contributed by atoms with E-state index in [0.717, 1.165) is 0 Å². The van der Waals surface area contributed by atoms with Gasteiger partial charge < -0.3 is 0 Å². The fraction of sp³-hybridized carbons (Fsp3) is 0.750. The lowest BCUT2D eigenvalue weighted by Crippen LogP contribution is -2.23. The van der Waals surface area contributed by atoms with Crippen LogP contribution in [0, 0.1) is 0 Å². The second-order valence-electron chi connectivity index (χ2n) is 2.66. The maximum atomic E-state index is 12.7. The molecule has 0 saturated heterocycles. The minimum Gasteiger partial charge on any atom is -0.280 e. The third-order valence-electron chi connectivity index (χ3n) is 1.35. The molecule has 0 amide bonds. The van der Waals surface area contributed by atoms with Gasteiger partial charge in [0.15, 0.2) is 6.30 Å². The molecule has 0 N–H and O–H groups in total. The third kappa shape index (κ3) is 4.90. The van der Waals surface area contributed by atoms with E-state index in [2.05, 4.69) is 0 Å². The first-order chi connectivity index (χ1) is 5.07. The Labute approximate surface area is 66.7 Å². The molecule has 0 aromatic heterocycles. The van der Waals surface area contributed by atoms with Gasteiger partial charge in [-0.2, -0.15) is 0 Å². The fourth-order valence-electron chi connectivity index (χ4n) is 0.648. The number of halogens is 2. The van der Waals surface area contributed by atoms with Crippen LogP contribution >= 0.6 is 0 Å². The average molecular weight is 163 g/mol. The number of alkyl halides is 1. The Kier molecular flexibility index (Phi) is 5.03. The van der Waals surface area contributed by atoms with Gasteiger partial charge in [0.1, 0.15) is 5.83 Å². The molecule has 1 nitrogen and oxygen atoms in total. The molecule has 0 fully saturated rings. The maximum absolute atomic E-state index is 12.7. The minimum atomic E-state index is -1.21. The summed E-state index contributed by atoms with van der Waals surface area (Å²) in [5.74, 6) is -0.367. The van der Waals surface area contributed by atoms with E-state index in [1.54, 1.807) is 14.1 Å². The van der Waals surface area contributed by atoms with Gasteiger partial charge in [-0.05, 0) is 20.5 Å². The zero-order valence-electron chi connectivity index (χ0n) is 7.27. The number of rotatable bonds is 4. The smallest absolute Gasteiger partial charge is 0.159 e. The Bertz CT molecular complexity index is 132. The summed E-state index contributed by atoms with van der Waals surface area (Å²) in [7, 11) is 3.17. The van der Waals surface area contributed by atoms with Crippen molar-refractivity contribution >= 4 is 0 Å². The maximum Gasteiger partial charge on any atom is 0.159 e. The summed E-state index contributed by atoms with van der Waals surface area (Å²) in [6.07, 6.45) is 0.668. The number of allylic oxidation sites excluding steroid dienone is 1. The van der Waals surface area contributed by atoms with Crippen molar-refractivity contribution in [2.45, 2.75) is 26.1 Å². The molecule has 0 bridgehead atoms. The summed E-state index contributed by atoms with van der Waals surface area (Å²) in [6, 6.07) is 0. The number of nitrogens with zero attached hydrogens (tertiary/aromatic N) is 1. The molecule has 0 aliphatic rings. The molecule has 0 spiro atoms. The second-order valence-corrected chi connectivity index (χ2v) is 2.66. The van der Waals surface area contributed by atoms with Crippen molar-refractivity contribution in [2.75, 3.05) is 14.1 Å². The van der Waals surface area contributed by atoms with E-state index in [9.17, 15) is 8.78 Å². The zero-order chi connectivity index (χ0) is 8.85. The predicted molar refractivity (Wildman–Crippen MR) is 42.7 cm³/mol. The van der Waals surface area contributed by atoms with Crippen LogP contribution < -0.4 is 0 Å². The first-order valence-electron chi connectivity index (χ1n) is 3.73. The summed E-state index contributed by atoms with van der Waals surface area (Å²) < 4.78 is 25.4. The summed E-state index contributed by atoms with van der Waals surface area (Å²) in [4.78, 5) is 1.35. The van der Waals surface area contributed by atoms with Crippen LogP contribution in [0.25, 0.3) is 0 Å². The molecule has 11 heavy (non-hydrogen) atoms. The molecule has 0 aromatic carbocycles. The van der Waals surface area contributed by atoms with Crippen LogP contribution in [0.1, 0.15) is 19.8 Å².